The van der Waals surface area contributed by atoms with Crippen molar-refractivity contribution in [3.8, 4) is 0 Å². The zero-order chi connectivity index (χ0) is 22.1. The van der Waals surface area contributed by atoms with Crippen LogP contribution >= 0.6 is 11.3 Å². The Morgan fingerprint density at radius 1 is 1.29 bits per heavy atom. The van der Waals surface area contributed by atoms with Crippen LogP contribution in [0, 0.1) is 18.6 Å². The lowest BCUT2D eigenvalue weighted by atomic mass is 9.99. The number of benzene rings is 1. The van der Waals surface area contributed by atoms with E-state index >= 15 is 0 Å². The Kier molecular flexibility index (Phi) is 6.06. The maximum Gasteiger partial charge on any atom is 0.263 e. The molecule has 1 saturated heterocycles. The van der Waals surface area contributed by atoms with Gasteiger partial charge in [-0.25, -0.2) is 13.8 Å². The summed E-state index contributed by atoms with van der Waals surface area (Å²) in [4.78, 5) is 20.0. The Morgan fingerprint density at radius 3 is 2.77 bits per heavy atom. The average molecular weight is 446 g/mol. The number of piperazine rings is 1. The van der Waals surface area contributed by atoms with E-state index < -0.39 is 17.6 Å². The van der Waals surface area contributed by atoms with Gasteiger partial charge in [0.2, 0.25) is 0 Å². The van der Waals surface area contributed by atoms with Crippen molar-refractivity contribution in [1.29, 1.82) is 0 Å². The average Bonchev–Trinajstić information content (AvgIpc) is 3.09. The van der Waals surface area contributed by atoms with Gasteiger partial charge >= 0.3 is 0 Å². The predicted molar refractivity (Wildman–Crippen MR) is 121 cm³/mol. The van der Waals surface area contributed by atoms with Crippen LogP contribution in [0.2, 0.25) is 0 Å². The summed E-state index contributed by atoms with van der Waals surface area (Å²) in [7, 11) is 0. The van der Waals surface area contributed by atoms with Crippen LogP contribution in [0.15, 0.2) is 24.3 Å². The normalized spacial score (nSPS) is 15.3. The largest absolute Gasteiger partial charge is 0.397 e. The minimum atomic E-state index is -0.474. The fourth-order valence-electron chi connectivity index (χ4n) is 3.77. The second-order valence-corrected chi connectivity index (χ2v) is 8.82. The number of hydrogen-bond donors (Lipinski definition) is 3. The summed E-state index contributed by atoms with van der Waals surface area (Å²) in [5, 5.41) is 6.73. The minimum absolute atomic E-state index is 0.155. The van der Waals surface area contributed by atoms with Gasteiger partial charge in [0, 0.05) is 55.8 Å². The molecular formula is C22H25F2N5OS. The number of aryl methyl sites for hydroxylation is 1. The van der Waals surface area contributed by atoms with Crippen molar-refractivity contribution in [1.82, 2.24) is 15.6 Å². The molecular weight excluding hydrogens is 420 g/mol. The molecule has 3 aromatic rings. The minimum Gasteiger partial charge on any atom is -0.397 e. The highest BCUT2D eigenvalue weighted by Crippen LogP contribution is 2.33. The zero-order valence-corrected chi connectivity index (χ0v) is 18.3. The molecule has 0 aliphatic carbocycles. The van der Waals surface area contributed by atoms with Crippen molar-refractivity contribution >= 4 is 38.8 Å². The molecule has 0 radical (unpaired) electrons. The summed E-state index contributed by atoms with van der Waals surface area (Å²) < 4.78 is 29.5. The number of nitrogen functional groups attached to an aromatic ring is 1. The highest BCUT2D eigenvalue weighted by Gasteiger charge is 2.22. The van der Waals surface area contributed by atoms with Gasteiger partial charge < -0.3 is 21.3 Å². The second-order valence-electron chi connectivity index (χ2n) is 7.82. The molecule has 1 amide bonds. The molecule has 9 heteroatoms. The van der Waals surface area contributed by atoms with Crippen LogP contribution in [-0.2, 0) is 0 Å². The predicted octanol–water partition coefficient (Wildman–Crippen LogP) is 3.41. The lowest BCUT2D eigenvalue weighted by Gasteiger charge is -2.30. The van der Waals surface area contributed by atoms with Crippen LogP contribution in [0.5, 0.6) is 0 Å². The first-order chi connectivity index (χ1) is 14.8. The number of carbonyl (C=O) groups is 1. The van der Waals surface area contributed by atoms with E-state index in [4.69, 9.17) is 5.73 Å². The zero-order valence-electron chi connectivity index (χ0n) is 17.5. The summed E-state index contributed by atoms with van der Waals surface area (Å²) >= 11 is 1.22. The van der Waals surface area contributed by atoms with E-state index in [0.717, 1.165) is 24.2 Å². The Hall–Kier alpha value is -2.78. The number of halogens is 2. The number of aromatic nitrogens is 1. The molecule has 31 heavy (non-hydrogen) atoms. The molecule has 1 fully saturated rings. The van der Waals surface area contributed by atoms with Crippen LogP contribution < -0.4 is 21.3 Å². The summed E-state index contributed by atoms with van der Waals surface area (Å²) in [5.41, 5.74) is 7.87. The van der Waals surface area contributed by atoms with Gasteiger partial charge in [-0.3, -0.25) is 4.79 Å². The molecule has 3 heterocycles. The molecule has 164 valence electrons. The summed E-state index contributed by atoms with van der Waals surface area (Å²) in [6.45, 7) is 6.52. The number of thiophene rings is 1. The lowest BCUT2D eigenvalue weighted by Crippen LogP contribution is -2.44. The number of nitrogens with two attached hydrogens (primary N) is 1. The van der Waals surface area contributed by atoms with Gasteiger partial charge in [0.15, 0.2) is 0 Å². The quantitative estimate of drug-likeness (QED) is 0.561. The third-order valence-corrected chi connectivity index (χ3v) is 6.68. The van der Waals surface area contributed by atoms with E-state index in [1.165, 1.54) is 23.5 Å². The van der Waals surface area contributed by atoms with Crippen molar-refractivity contribution in [2.24, 2.45) is 0 Å². The third-order valence-electron chi connectivity index (χ3n) is 5.56. The van der Waals surface area contributed by atoms with Gasteiger partial charge in [0.05, 0.1) is 11.4 Å². The number of anilines is 2. The molecule has 0 spiro atoms. The first-order valence-corrected chi connectivity index (χ1v) is 11.0. The van der Waals surface area contributed by atoms with Crippen molar-refractivity contribution < 1.29 is 13.6 Å². The first kappa shape index (κ1) is 21.5. The van der Waals surface area contributed by atoms with E-state index in [1.807, 2.05) is 24.0 Å². The molecule has 4 N–H and O–H groups in total. The van der Waals surface area contributed by atoms with Crippen molar-refractivity contribution in [2.45, 2.75) is 19.8 Å². The molecule has 6 nitrogen and oxygen atoms in total. The number of hydrogen-bond acceptors (Lipinski definition) is 6. The topological polar surface area (TPSA) is 83.3 Å². The highest BCUT2D eigenvalue weighted by atomic mass is 32.1. The molecule has 0 saturated carbocycles. The number of amides is 1. The van der Waals surface area contributed by atoms with Crippen LogP contribution in [-0.4, -0.2) is 43.6 Å². The maximum absolute atomic E-state index is 14.8. The number of carbonyl (C=O) groups excluding carboxylic acids is 1. The Morgan fingerprint density at radius 2 is 2.03 bits per heavy atom. The summed E-state index contributed by atoms with van der Waals surface area (Å²) in [6, 6.07) is 6.19. The molecule has 1 aliphatic heterocycles. The molecule has 1 aromatic carbocycles. The van der Waals surface area contributed by atoms with Crippen LogP contribution in [0.3, 0.4) is 0 Å². The summed E-state index contributed by atoms with van der Waals surface area (Å²) in [6.07, 6.45) is 0. The fraction of sp³-hybridized carbons (Fsp3) is 0.364. The van der Waals surface area contributed by atoms with Gasteiger partial charge in [-0.2, -0.15) is 0 Å². The van der Waals surface area contributed by atoms with Gasteiger partial charge in [-0.05, 0) is 30.7 Å². The van der Waals surface area contributed by atoms with E-state index in [1.54, 1.807) is 6.92 Å². The molecule has 1 atom stereocenters. The molecule has 0 bridgehead atoms. The number of pyridine rings is 1. The van der Waals surface area contributed by atoms with E-state index in [-0.39, 0.29) is 23.7 Å². The maximum atomic E-state index is 14.8. The molecule has 1 aliphatic rings. The van der Waals surface area contributed by atoms with Gasteiger partial charge in [-0.15, -0.1) is 11.3 Å². The number of nitrogens with zero attached hydrogens (tertiary/aromatic N) is 2. The summed E-state index contributed by atoms with van der Waals surface area (Å²) in [5.74, 6) is -1.68. The number of nitrogens with one attached hydrogen (secondary N) is 2. The van der Waals surface area contributed by atoms with Crippen molar-refractivity contribution in [2.75, 3.05) is 43.4 Å². The van der Waals surface area contributed by atoms with E-state index in [2.05, 4.69) is 15.6 Å². The van der Waals surface area contributed by atoms with Crippen LogP contribution in [0.4, 0.5) is 20.2 Å². The van der Waals surface area contributed by atoms with Crippen LogP contribution in [0.1, 0.15) is 33.8 Å². The second kappa shape index (κ2) is 8.76. The van der Waals surface area contributed by atoms with Gasteiger partial charge in [-0.1, -0.05) is 6.92 Å². The Balaban J connectivity index is 1.47. The van der Waals surface area contributed by atoms with Crippen LogP contribution in [0.25, 0.3) is 10.2 Å². The SMILES string of the molecule is Cc1ccc2c(N)c(C(=O)NC[C@@H](C)c3cc(F)c(N4CCNCC4)cc3F)sc2n1. The van der Waals surface area contributed by atoms with Gasteiger partial charge in [0.25, 0.3) is 5.91 Å². The molecule has 2 aromatic heterocycles. The van der Waals surface area contributed by atoms with Crippen molar-refractivity contribution in [3.63, 3.8) is 0 Å². The molecule has 0 unspecified atom stereocenters. The number of fused-ring (bicyclic) bond motifs is 1. The third kappa shape index (κ3) is 4.33. The fourth-order valence-corrected chi connectivity index (χ4v) is 4.83. The Bertz CT molecular complexity index is 1130. The standard InChI is InChI=1S/C22H25F2N5OS/c1-12(15-9-17(24)18(10-16(15)23)29-7-5-26-6-8-29)11-27-21(30)20-19(25)14-4-3-13(2)28-22(14)31-20/h3-4,9-10,12,26H,5-8,11,25H2,1-2H3,(H,27,30)/t12-/m1/s1. The monoisotopic (exact) mass is 445 g/mol. The van der Waals surface area contributed by atoms with E-state index in [0.29, 0.717) is 28.5 Å². The smallest absolute Gasteiger partial charge is 0.263 e. The molecule has 4 rings (SSSR count). The number of rotatable bonds is 5. The Labute approximate surface area is 183 Å². The van der Waals surface area contributed by atoms with Crippen molar-refractivity contribution in [3.05, 3.63) is 52.0 Å². The lowest BCUT2D eigenvalue weighted by molar-refractivity contribution is 0.0956. The highest BCUT2D eigenvalue weighted by molar-refractivity contribution is 7.21. The van der Waals surface area contributed by atoms with E-state index in [9.17, 15) is 13.6 Å². The first-order valence-electron chi connectivity index (χ1n) is 10.2. The van der Waals surface area contributed by atoms with Gasteiger partial charge in [0.1, 0.15) is 21.3 Å².